The summed E-state index contributed by atoms with van der Waals surface area (Å²) in [6, 6.07) is 10.6. The van der Waals surface area contributed by atoms with Gasteiger partial charge in [-0.15, -0.1) is 0 Å². The Bertz CT molecular complexity index is 1460. The number of sulfonamides is 2. The largest absolute Gasteiger partial charge is 0.371 e. The molecule has 214 valence electrons. The monoisotopic (exact) mass is 576 g/mol. The zero-order valence-corrected chi connectivity index (χ0v) is 25.2. The third kappa shape index (κ3) is 7.39. The number of benzene rings is 2. The predicted molar refractivity (Wildman–Crippen MR) is 154 cm³/mol. The Morgan fingerprint density at radius 3 is 1.82 bits per heavy atom. The first kappa shape index (κ1) is 29.5. The lowest BCUT2D eigenvalue weighted by Crippen LogP contribution is -2.40. The van der Waals surface area contributed by atoms with Gasteiger partial charge in [0.25, 0.3) is 5.91 Å². The van der Waals surface area contributed by atoms with Gasteiger partial charge in [-0.05, 0) is 109 Å². The molecule has 2 aliphatic rings. The molecule has 0 unspecified atom stereocenters. The van der Waals surface area contributed by atoms with Gasteiger partial charge in [0.2, 0.25) is 20.0 Å². The zero-order chi connectivity index (χ0) is 28.9. The number of piperidine rings is 1. The van der Waals surface area contributed by atoms with Gasteiger partial charge in [0.05, 0.1) is 21.0 Å². The molecule has 1 saturated heterocycles. The second kappa shape index (κ2) is 10.2. The molecule has 9 nitrogen and oxygen atoms in total. The first-order chi connectivity index (χ1) is 17.9. The van der Waals surface area contributed by atoms with Gasteiger partial charge in [0.1, 0.15) is 0 Å². The van der Waals surface area contributed by atoms with Gasteiger partial charge in [-0.1, -0.05) is 6.07 Å². The van der Waals surface area contributed by atoms with Crippen LogP contribution in [0.25, 0.3) is 0 Å². The Morgan fingerprint density at radius 2 is 1.31 bits per heavy atom. The second-order valence-electron chi connectivity index (χ2n) is 12.9. The van der Waals surface area contributed by atoms with E-state index in [-0.39, 0.29) is 9.79 Å². The fourth-order valence-electron chi connectivity index (χ4n) is 4.89. The minimum Gasteiger partial charge on any atom is -0.371 e. The van der Waals surface area contributed by atoms with Crippen LogP contribution in [0.1, 0.15) is 77.6 Å². The molecular weight excluding hydrogens is 536 g/mol. The van der Waals surface area contributed by atoms with Gasteiger partial charge in [0.15, 0.2) is 0 Å². The van der Waals surface area contributed by atoms with Gasteiger partial charge >= 0.3 is 0 Å². The van der Waals surface area contributed by atoms with E-state index < -0.39 is 37.0 Å². The normalized spacial score (nSPS) is 17.7. The molecule has 3 N–H and O–H groups in total. The van der Waals surface area contributed by atoms with Crippen LogP contribution in [0.3, 0.4) is 0 Å². The molecule has 0 bridgehead atoms. The van der Waals surface area contributed by atoms with Gasteiger partial charge < -0.3 is 10.2 Å². The van der Waals surface area contributed by atoms with Crippen molar-refractivity contribution in [2.24, 2.45) is 5.41 Å². The van der Waals surface area contributed by atoms with Crippen molar-refractivity contribution in [3.05, 3.63) is 48.0 Å². The highest BCUT2D eigenvalue weighted by molar-refractivity contribution is 7.89. The Balaban J connectivity index is 1.65. The number of hydrogen-bond acceptors (Lipinski definition) is 6. The van der Waals surface area contributed by atoms with Crippen LogP contribution in [-0.4, -0.2) is 46.9 Å². The number of nitrogens with one attached hydrogen (secondary N) is 3. The van der Waals surface area contributed by atoms with Crippen LogP contribution >= 0.6 is 0 Å². The van der Waals surface area contributed by atoms with Gasteiger partial charge in [-0.3, -0.25) is 4.79 Å². The summed E-state index contributed by atoms with van der Waals surface area (Å²) in [6.07, 6.45) is 4.46. The molecule has 1 saturated carbocycles. The quantitative estimate of drug-likeness (QED) is 0.447. The summed E-state index contributed by atoms with van der Waals surface area (Å²) in [4.78, 5) is 15.7. The number of anilines is 2. The van der Waals surface area contributed by atoms with E-state index in [2.05, 4.69) is 19.7 Å². The van der Waals surface area contributed by atoms with Gasteiger partial charge in [-0.25, -0.2) is 26.3 Å². The van der Waals surface area contributed by atoms with E-state index in [4.69, 9.17) is 0 Å². The molecule has 1 aliphatic carbocycles. The van der Waals surface area contributed by atoms with Gasteiger partial charge in [-0.2, -0.15) is 0 Å². The lowest BCUT2D eigenvalue weighted by Gasteiger charge is -2.35. The fourth-order valence-corrected chi connectivity index (χ4v) is 7.80. The van der Waals surface area contributed by atoms with Gasteiger partial charge in [0, 0.05) is 29.9 Å². The van der Waals surface area contributed by atoms with Crippen molar-refractivity contribution < 1.29 is 21.6 Å². The molecular formula is C28H40N4O5S2. The Labute approximate surface area is 232 Å². The zero-order valence-electron chi connectivity index (χ0n) is 23.6. The summed E-state index contributed by atoms with van der Waals surface area (Å²) in [5.74, 6) is -0.442. The molecule has 2 aromatic rings. The second-order valence-corrected chi connectivity index (χ2v) is 16.2. The maximum Gasteiger partial charge on any atom is 0.257 e. The third-order valence-corrected chi connectivity index (χ3v) is 10.4. The summed E-state index contributed by atoms with van der Waals surface area (Å²) in [7, 11) is -7.60. The molecule has 2 fully saturated rings. The molecule has 1 aliphatic heterocycles. The summed E-state index contributed by atoms with van der Waals surface area (Å²) < 4.78 is 57.1. The highest BCUT2D eigenvalue weighted by atomic mass is 32.2. The Morgan fingerprint density at radius 1 is 0.769 bits per heavy atom. The van der Waals surface area contributed by atoms with Crippen molar-refractivity contribution >= 4 is 37.3 Å². The number of carbonyl (C=O) groups excluding carboxylic acids is 1. The van der Waals surface area contributed by atoms with E-state index in [1.807, 2.05) is 0 Å². The number of hydrogen-bond donors (Lipinski definition) is 3. The maximum atomic E-state index is 13.5. The molecule has 0 aromatic heterocycles. The van der Waals surface area contributed by atoms with Crippen molar-refractivity contribution in [1.29, 1.82) is 0 Å². The lowest BCUT2D eigenvalue weighted by molar-refractivity contribution is 0.102. The number of nitrogens with zero attached hydrogens (tertiary/aromatic N) is 1. The average molecular weight is 577 g/mol. The number of rotatable bonds is 7. The van der Waals surface area contributed by atoms with Crippen molar-refractivity contribution in [2.45, 2.75) is 88.1 Å². The van der Waals surface area contributed by atoms with Crippen molar-refractivity contribution in [3.8, 4) is 0 Å². The van der Waals surface area contributed by atoms with E-state index in [0.717, 1.165) is 25.9 Å². The van der Waals surface area contributed by atoms with Crippen molar-refractivity contribution in [3.63, 3.8) is 0 Å². The summed E-state index contributed by atoms with van der Waals surface area (Å²) in [5, 5.41) is 2.82. The number of carbonyl (C=O) groups is 1. The molecule has 2 aromatic carbocycles. The molecule has 1 heterocycles. The minimum absolute atomic E-state index is 0.0379. The molecule has 1 spiro atoms. The fraction of sp³-hybridized carbons (Fsp3) is 0.536. The first-order valence-electron chi connectivity index (χ1n) is 13.3. The minimum atomic E-state index is -3.81. The SMILES string of the molecule is CC(C)(C)NS(=O)(=O)c1cccc(NC(=O)c2ccc(S(=O)(=O)NC(C)(C)C)cc2N2CCC3(CC2)CC3)c1. The van der Waals surface area contributed by atoms with E-state index >= 15 is 0 Å². The maximum absolute atomic E-state index is 13.5. The molecule has 4 rings (SSSR count). The molecule has 1 amide bonds. The van der Waals surface area contributed by atoms with Crippen LogP contribution in [0, 0.1) is 5.41 Å². The van der Waals surface area contributed by atoms with Crippen LogP contribution in [0.2, 0.25) is 0 Å². The standard InChI is InChI=1S/C28H40N4O5S2/c1-26(2,3)30-38(34,35)21-9-7-8-20(18-21)29-25(33)23-11-10-22(39(36,37)31-27(4,5)6)19-24(23)32-16-14-28(12-13-28)15-17-32/h7-11,18-19,30-31H,12-17H2,1-6H3,(H,29,33). The highest BCUT2D eigenvalue weighted by Crippen LogP contribution is 2.54. The van der Waals surface area contributed by atoms with Crippen molar-refractivity contribution in [1.82, 2.24) is 9.44 Å². The molecule has 0 atom stereocenters. The van der Waals surface area contributed by atoms with E-state index in [1.54, 1.807) is 59.7 Å². The first-order valence-corrected chi connectivity index (χ1v) is 16.2. The molecule has 0 radical (unpaired) electrons. The van der Waals surface area contributed by atoms with E-state index in [1.165, 1.54) is 37.1 Å². The topological polar surface area (TPSA) is 125 Å². The number of amides is 1. The Hall–Kier alpha value is -2.47. The molecule has 11 heteroatoms. The van der Waals surface area contributed by atoms with E-state index in [9.17, 15) is 21.6 Å². The van der Waals surface area contributed by atoms with Crippen LogP contribution in [0.15, 0.2) is 52.3 Å². The third-order valence-electron chi connectivity index (χ3n) is 6.93. The molecule has 39 heavy (non-hydrogen) atoms. The lowest BCUT2D eigenvalue weighted by atomic mass is 9.93. The van der Waals surface area contributed by atoms with Crippen molar-refractivity contribution in [2.75, 3.05) is 23.3 Å². The van der Waals surface area contributed by atoms with E-state index in [0.29, 0.717) is 22.4 Å². The van der Waals surface area contributed by atoms with Crippen LogP contribution in [-0.2, 0) is 20.0 Å². The summed E-state index contributed by atoms with van der Waals surface area (Å²) in [5.41, 5.74) is 0.291. The smallest absolute Gasteiger partial charge is 0.257 e. The van der Waals surface area contributed by atoms with Crippen LogP contribution in [0.4, 0.5) is 11.4 Å². The average Bonchev–Trinajstić information content (AvgIpc) is 3.55. The van der Waals surface area contributed by atoms with Crippen LogP contribution in [0.5, 0.6) is 0 Å². The highest BCUT2D eigenvalue weighted by Gasteiger charge is 2.44. The van der Waals surface area contributed by atoms with Crippen LogP contribution < -0.4 is 19.7 Å². The Kier molecular flexibility index (Phi) is 7.70. The summed E-state index contributed by atoms with van der Waals surface area (Å²) in [6.45, 7) is 12.1. The summed E-state index contributed by atoms with van der Waals surface area (Å²) >= 11 is 0. The predicted octanol–water partition coefficient (Wildman–Crippen LogP) is 4.47.